The fraction of sp³-hybridized carbons (Fsp3) is 0.444. The van der Waals surface area contributed by atoms with Crippen molar-refractivity contribution in [2.45, 2.75) is 12.8 Å². The molecule has 0 saturated heterocycles. The molecule has 0 bridgehead atoms. The zero-order valence-corrected chi connectivity index (χ0v) is 8.72. The fourth-order valence-corrected chi connectivity index (χ4v) is 1.22. The Bertz CT molecular complexity index is 397. The Morgan fingerprint density at radius 2 is 2.20 bits per heavy atom. The molecule has 0 radical (unpaired) electrons. The van der Waals surface area contributed by atoms with Crippen LogP contribution in [0, 0.1) is 0 Å². The second kappa shape index (κ2) is 4.12. The summed E-state index contributed by atoms with van der Waals surface area (Å²) in [4.78, 5) is 21.9. The van der Waals surface area contributed by atoms with Crippen molar-refractivity contribution in [3.63, 3.8) is 0 Å². The van der Waals surface area contributed by atoms with Crippen molar-refractivity contribution in [2.24, 2.45) is 7.05 Å². The second-order valence-electron chi connectivity index (χ2n) is 3.13. The van der Waals surface area contributed by atoms with E-state index in [0.717, 1.165) is 0 Å². The number of aromatic nitrogens is 2. The molecule has 15 heavy (non-hydrogen) atoms. The van der Waals surface area contributed by atoms with Gasteiger partial charge in [-0.25, -0.2) is 4.79 Å². The molecule has 1 N–H and O–H groups in total. The van der Waals surface area contributed by atoms with Crippen LogP contribution in [0.25, 0.3) is 0 Å². The van der Waals surface area contributed by atoms with E-state index in [-0.39, 0.29) is 5.69 Å². The minimum absolute atomic E-state index is 0.114. The normalized spacial score (nSPS) is 12.2. The summed E-state index contributed by atoms with van der Waals surface area (Å²) in [5.74, 6) is -2.25. The van der Waals surface area contributed by atoms with Crippen LogP contribution in [0.5, 0.6) is 0 Å². The number of methoxy groups -OCH3 is 1. The number of hydrogen-bond donors (Lipinski definition) is 1. The van der Waals surface area contributed by atoms with Crippen LogP contribution in [0.1, 0.15) is 29.0 Å². The van der Waals surface area contributed by atoms with Gasteiger partial charge in [-0.3, -0.25) is 9.48 Å². The first-order chi connectivity index (χ1) is 6.97. The fourth-order valence-electron chi connectivity index (χ4n) is 1.22. The third kappa shape index (κ3) is 2.15. The van der Waals surface area contributed by atoms with Gasteiger partial charge in [-0.15, -0.1) is 0 Å². The second-order valence-corrected chi connectivity index (χ2v) is 3.13. The van der Waals surface area contributed by atoms with Gasteiger partial charge in [0.15, 0.2) is 5.69 Å². The number of carboxylic acids is 1. The number of rotatable bonds is 3. The van der Waals surface area contributed by atoms with Gasteiger partial charge in [0.2, 0.25) is 0 Å². The third-order valence-corrected chi connectivity index (χ3v) is 2.12. The Morgan fingerprint density at radius 3 is 2.67 bits per heavy atom. The Kier molecular flexibility index (Phi) is 3.08. The first-order valence-corrected chi connectivity index (χ1v) is 4.32. The van der Waals surface area contributed by atoms with E-state index < -0.39 is 17.9 Å². The molecule has 6 nitrogen and oxygen atoms in total. The monoisotopic (exact) mass is 212 g/mol. The van der Waals surface area contributed by atoms with E-state index in [1.165, 1.54) is 24.8 Å². The number of esters is 1. The highest BCUT2D eigenvalue weighted by atomic mass is 16.5. The average Bonchev–Trinajstić information content (AvgIpc) is 2.57. The summed E-state index contributed by atoms with van der Waals surface area (Å²) in [5, 5.41) is 12.7. The number of aliphatic carboxylic acids is 1. The number of carboxylic acid groups (broad SMARTS) is 1. The van der Waals surface area contributed by atoms with Crippen LogP contribution in [0.2, 0.25) is 0 Å². The van der Waals surface area contributed by atoms with Crippen molar-refractivity contribution >= 4 is 11.9 Å². The summed E-state index contributed by atoms with van der Waals surface area (Å²) in [6.45, 7) is 1.53. The number of ether oxygens (including phenoxy) is 1. The molecule has 0 saturated carbocycles. The molecule has 0 fully saturated rings. The van der Waals surface area contributed by atoms with Crippen LogP contribution in [0.3, 0.4) is 0 Å². The smallest absolute Gasteiger partial charge is 0.358 e. The molecule has 82 valence electrons. The molecule has 1 atom stereocenters. The number of hydrogen-bond acceptors (Lipinski definition) is 4. The van der Waals surface area contributed by atoms with Gasteiger partial charge < -0.3 is 9.84 Å². The predicted octanol–water partition coefficient (Wildman–Crippen LogP) is 0.395. The highest BCUT2D eigenvalue weighted by Crippen LogP contribution is 2.16. The van der Waals surface area contributed by atoms with Gasteiger partial charge in [0, 0.05) is 7.05 Å². The summed E-state index contributed by atoms with van der Waals surface area (Å²) in [5.41, 5.74) is 0.575. The quantitative estimate of drug-likeness (QED) is 0.733. The largest absolute Gasteiger partial charge is 0.481 e. The Morgan fingerprint density at radius 1 is 1.60 bits per heavy atom. The zero-order valence-electron chi connectivity index (χ0n) is 8.72. The average molecular weight is 212 g/mol. The van der Waals surface area contributed by atoms with Gasteiger partial charge in [0.05, 0.1) is 18.7 Å². The molecule has 0 aromatic carbocycles. The predicted molar refractivity (Wildman–Crippen MR) is 50.6 cm³/mol. The summed E-state index contributed by atoms with van der Waals surface area (Å²) in [7, 11) is 2.83. The minimum atomic E-state index is -0.964. The van der Waals surface area contributed by atoms with Crippen LogP contribution in [-0.4, -0.2) is 33.9 Å². The molecule has 1 heterocycles. The molecule has 1 rings (SSSR count). The zero-order chi connectivity index (χ0) is 11.6. The molecule has 0 aliphatic heterocycles. The first kappa shape index (κ1) is 11.2. The van der Waals surface area contributed by atoms with Crippen molar-refractivity contribution < 1.29 is 19.4 Å². The Hall–Kier alpha value is -1.85. The molecule has 6 heteroatoms. The number of carbonyl (C=O) groups excluding carboxylic acids is 1. The van der Waals surface area contributed by atoms with Gasteiger partial charge in [0.25, 0.3) is 0 Å². The van der Waals surface area contributed by atoms with E-state index in [0.29, 0.717) is 5.69 Å². The van der Waals surface area contributed by atoms with E-state index in [1.54, 1.807) is 7.05 Å². The third-order valence-electron chi connectivity index (χ3n) is 2.12. The summed E-state index contributed by atoms with van der Waals surface area (Å²) in [6.07, 6.45) is 0. The van der Waals surface area contributed by atoms with E-state index in [2.05, 4.69) is 9.84 Å². The van der Waals surface area contributed by atoms with Crippen LogP contribution in [0.15, 0.2) is 6.07 Å². The standard InChI is InChI=1S/C9H12N2O4/c1-5(8(12)13)7-4-6(9(14)15-3)10-11(7)2/h4-5H,1-3H3,(H,12,13). The van der Waals surface area contributed by atoms with Crippen LogP contribution >= 0.6 is 0 Å². The Labute approximate surface area is 86.5 Å². The highest BCUT2D eigenvalue weighted by Gasteiger charge is 2.21. The lowest BCUT2D eigenvalue weighted by Crippen LogP contribution is -2.11. The van der Waals surface area contributed by atoms with Gasteiger partial charge in [-0.05, 0) is 13.0 Å². The van der Waals surface area contributed by atoms with Crippen molar-refractivity contribution in [3.05, 3.63) is 17.5 Å². The van der Waals surface area contributed by atoms with E-state index in [1.807, 2.05) is 0 Å². The summed E-state index contributed by atoms with van der Waals surface area (Å²) >= 11 is 0. The van der Waals surface area contributed by atoms with Crippen molar-refractivity contribution in [1.82, 2.24) is 9.78 Å². The highest BCUT2D eigenvalue weighted by molar-refractivity contribution is 5.87. The molecular formula is C9H12N2O4. The number of aryl methyl sites for hydroxylation is 1. The van der Waals surface area contributed by atoms with Crippen molar-refractivity contribution in [1.29, 1.82) is 0 Å². The van der Waals surface area contributed by atoms with E-state index in [9.17, 15) is 9.59 Å². The van der Waals surface area contributed by atoms with Crippen molar-refractivity contribution in [2.75, 3.05) is 7.11 Å². The first-order valence-electron chi connectivity index (χ1n) is 4.32. The minimum Gasteiger partial charge on any atom is -0.481 e. The van der Waals surface area contributed by atoms with E-state index >= 15 is 0 Å². The maximum Gasteiger partial charge on any atom is 0.358 e. The lowest BCUT2D eigenvalue weighted by atomic mass is 10.1. The maximum atomic E-state index is 11.1. The maximum absolute atomic E-state index is 11.1. The van der Waals surface area contributed by atoms with Crippen LogP contribution in [-0.2, 0) is 16.6 Å². The van der Waals surface area contributed by atoms with Gasteiger partial charge in [-0.2, -0.15) is 5.10 Å². The number of carbonyl (C=O) groups is 2. The van der Waals surface area contributed by atoms with Gasteiger partial charge >= 0.3 is 11.9 Å². The van der Waals surface area contributed by atoms with Crippen LogP contribution in [0.4, 0.5) is 0 Å². The molecule has 0 amide bonds. The summed E-state index contributed by atoms with van der Waals surface area (Å²) in [6, 6.07) is 1.42. The van der Waals surface area contributed by atoms with E-state index in [4.69, 9.17) is 5.11 Å². The van der Waals surface area contributed by atoms with Crippen LogP contribution < -0.4 is 0 Å². The molecule has 1 aromatic rings. The molecule has 0 aliphatic rings. The summed E-state index contributed by atoms with van der Waals surface area (Å²) < 4.78 is 5.85. The Balaban J connectivity index is 3.06. The topological polar surface area (TPSA) is 81.4 Å². The van der Waals surface area contributed by atoms with Gasteiger partial charge in [-0.1, -0.05) is 0 Å². The lowest BCUT2D eigenvalue weighted by molar-refractivity contribution is -0.138. The molecule has 0 spiro atoms. The number of nitrogens with zero attached hydrogens (tertiary/aromatic N) is 2. The molecule has 0 aliphatic carbocycles. The molecular weight excluding hydrogens is 200 g/mol. The lowest BCUT2D eigenvalue weighted by Gasteiger charge is -2.04. The molecule has 1 unspecified atom stereocenters. The molecule has 1 aromatic heterocycles. The SMILES string of the molecule is COC(=O)c1cc(C(C)C(=O)O)n(C)n1. The van der Waals surface area contributed by atoms with Crippen molar-refractivity contribution in [3.8, 4) is 0 Å². The van der Waals surface area contributed by atoms with Gasteiger partial charge in [0.1, 0.15) is 0 Å².